The van der Waals surface area contributed by atoms with Crippen LogP contribution in [-0.2, 0) is 4.79 Å². The van der Waals surface area contributed by atoms with E-state index in [1.807, 2.05) is 54.6 Å². The highest BCUT2D eigenvalue weighted by molar-refractivity contribution is 6.10. The summed E-state index contributed by atoms with van der Waals surface area (Å²) in [6.45, 7) is 1.77. The van der Waals surface area contributed by atoms with Crippen molar-refractivity contribution >= 4 is 34.6 Å². The van der Waals surface area contributed by atoms with Gasteiger partial charge in [-0.2, -0.15) is 0 Å². The predicted octanol–water partition coefficient (Wildman–Crippen LogP) is 5.03. The molecule has 0 spiro atoms. The van der Waals surface area contributed by atoms with Crippen molar-refractivity contribution in [3.05, 3.63) is 84.4 Å². The number of amides is 2. The van der Waals surface area contributed by atoms with E-state index < -0.39 is 0 Å². The van der Waals surface area contributed by atoms with Crippen LogP contribution in [0.3, 0.4) is 0 Å². The lowest BCUT2D eigenvalue weighted by Gasteiger charge is -2.12. The van der Waals surface area contributed by atoms with E-state index in [1.165, 1.54) is 0 Å². The standard InChI is InChI=1S/C22H21N3O2/c1-2-21(26)25-20-11-7-6-10-19(20)22(27)24-18-14-12-17(13-15-18)23-16-8-4-3-5-9-16/h3-15,23H,2H2,1H3,(H,24,27)(H,25,26). The summed E-state index contributed by atoms with van der Waals surface area (Å²) < 4.78 is 0. The molecule has 3 aromatic rings. The van der Waals surface area contributed by atoms with Crippen LogP contribution in [0.25, 0.3) is 0 Å². The first-order valence-corrected chi connectivity index (χ1v) is 8.78. The molecule has 0 aromatic heterocycles. The summed E-state index contributed by atoms with van der Waals surface area (Å²) in [4.78, 5) is 24.3. The zero-order valence-corrected chi connectivity index (χ0v) is 15.0. The summed E-state index contributed by atoms with van der Waals surface area (Å²) in [7, 11) is 0. The molecular weight excluding hydrogens is 338 g/mol. The molecule has 3 rings (SSSR count). The van der Waals surface area contributed by atoms with Crippen LogP contribution < -0.4 is 16.0 Å². The van der Waals surface area contributed by atoms with Crippen LogP contribution in [0.5, 0.6) is 0 Å². The number of hydrogen-bond donors (Lipinski definition) is 3. The lowest BCUT2D eigenvalue weighted by Crippen LogP contribution is -2.17. The van der Waals surface area contributed by atoms with Gasteiger partial charge in [-0.05, 0) is 48.5 Å². The molecule has 5 heteroatoms. The van der Waals surface area contributed by atoms with Crippen molar-refractivity contribution < 1.29 is 9.59 Å². The van der Waals surface area contributed by atoms with Crippen molar-refractivity contribution in [3.8, 4) is 0 Å². The maximum Gasteiger partial charge on any atom is 0.257 e. The Morgan fingerprint density at radius 1 is 0.704 bits per heavy atom. The van der Waals surface area contributed by atoms with Gasteiger partial charge in [-0.25, -0.2) is 0 Å². The van der Waals surface area contributed by atoms with Gasteiger partial charge in [0.05, 0.1) is 11.3 Å². The minimum atomic E-state index is -0.272. The molecule has 0 aliphatic heterocycles. The van der Waals surface area contributed by atoms with Gasteiger partial charge in [-0.1, -0.05) is 37.3 Å². The molecule has 0 saturated carbocycles. The second kappa shape index (κ2) is 8.67. The molecule has 3 aromatic carbocycles. The Morgan fingerprint density at radius 2 is 1.30 bits per heavy atom. The minimum absolute atomic E-state index is 0.133. The van der Waals surface area contributed by atoms with Crippen molar-refractivity contribution in [3.63, 3.8) is 0 Å². The zero-order chi connectivity index (χ0) is 19.1. The second-order valence-electron chi connectivity index (χ2n) is 5.97. The fourth-order valence-corrected chi connectivity index (χ4v) is 2.55. The third-order valence-electron chi connectivity index (χ3n) is 3.97. The van der Waals surface area contributed by atoms with Crippen molar-refractivity contribution in [2.45, 2.75) is 13.3 Å². The average Bonchev–Trinajstić information content (AvgIpc) is 2.70. The number of benzene rings is 3. The van der Waals surface area contributed by atoms with Crippen molar-refractivity contribution in [1.82, 2.24) is 0 Å². The van der Waals surface area contributed by atoms with Gasteiger partial charge >= 0.3 is 0 Å². The lowest BCUT2D eigenvalue weighted by atomic mass is 10.1. The van der Waals surface area contributed by atoms with Crippen molar-refractivity contribution in [2.75, 3.05) is 16.0 Å². The second-order valence-corrected chi connectivity index (χ2v) is 5.97. The van der Waals surface area contributed by atoms with Gasteiger partial charge in [0.1, 0.15) is 0 Å². The average molecular weight is 359 g/mol. The van der Waals surface area contributed by atoms with Crippen LogP contribution in [0.1, 0.15) is 23.7 Å². The van der Waals surface area contributed by atoms with E-state index in [-0.39, 0.29) is 11.8 Å². The van der Waals surface area contributed by atoms with E-state index in [9.17, 15) is 9.59 Å². The van der Waals surface area contributed by atoms with Crippen LogP contribution in [0, 0.1) is 0 Å². The molecular formula is C22H21N3O2. The molecule has 27 heavy (non-hydrogen) atoms. The Labute approximate surface area is 158 Å². The van der Waals surface area contributed by atoms with Gasteiger partial charge in [0.25, 0.3) is 5.91 Å². The van der Waals surface area contributed by atoms with Gasteiger partial charge in [-0.3, -0.25) is 9.59 Å². The quantitative estimate of drug-likeness (QED) is 0.578. The summed E-state index contributed by atoms with van der Waals surface area (Å²) in [6, 6.07) is 24.3. The molecule has 0 radical (unpaired) electrons. The smallest absolute Gasteiger partial charge is 0.257 e. The molecule has 3 N–H and O–H groups in total. The highest BCUT2D eigenvalue weighted by Crippen LogP contribution is 2.21. The van der Waals surface area contributed by atoms with Crippen LogP contribution >= 0.6 is 0 Å². The Hall–Kier alpha value is -3.60. The number of carbonyl (C=O) groups excluding carboxylic acids is 2. The molecule has 0 saturated heterocycles. The first-order chi connectivity index (χ1) is 13.2. The third kappa shape index (κ3) is 4.95. The van der Waals surface area contributed by atoms with E-state index in [0.29, 0.717) is 23.4 Å². The molecule has 136 valence electrons. The number of para-hydroxylation sites is 2. The predicted molar refractivity (Wildman–Crippen MR) is 109 cm³/mol. The summed E-state index contributed by atoms with van der Waals surface area (Å²) in [6.07, 6.45) is 0.353. The van der Waals surface area contributed by atoms with Crippen LogP contribution in [-0.4, -0.2) is 11.8 Å². The molecule has 0 atom stereocenters. The number of nitrogens with one attached hydrogen (secondary N) is 3. The Bertz CT molecular complexity index is 922. The maximum absolute atomic E-state index is 12.6. The Balaban J connectivity index is 1.69. The largest absolute Gasteiger partial charge is 0.356 e. The number of hydrogen-bond acceptors (Lipinski definition) is 3. The summed E-state index contributed by atoms with van der Waals surface area (Å²) in [5.41, 5.74) is 3.52. The molecule has 0 aliphatic carbocycles. The van der Waals surface area contributed by atoms with E-state index in [1.54, 1.807) is 31.2 Å². The monoisotopic (exact) mass is 359 g/mol. The Morgan fingerprint density at radius 3 is 2.00 bits per heavy atom. The third-order valence-corrected chi connectivity index (χ3v) is 3.97. The molecule has 0 bridgehead atoms. The van der Waals surface area contributed by atoms with Gasteiger partial charge in [-0.15, -0.1) is 0 Å². The molecule has 2 amide bonds. The van der Waals surface area contributed by atoms with Gasteiger partial charge in [0, 0.05) is 23.5 Å². The molecule has 0 fully saturated rings. The first kappa shape index (κ1) is 18.2. The topological polar surface area (TPSA) is 70.2 Å². The summed E-state index contributed by atoms with van der Waals surface area (Å²) in [5.74, 6) is -0.405. The lowest BCUT2D eigenvalue weighted by molar-refractivity contribution is -0.115. The van der Waals surface area contributed by atoms with Gasteiger partial charge in [0.2, 0.25) is 5.91 Å². The zero-order valence-electron chi connectivity index (χ0n) is 15.0. The van der Waals surface area contributed by atoms with E-state index in [4.69, 9.17) is 0 Å². The van der Waals surface area contributed by atoms with E-state index in [2.05, 4.69) is 16.0 Å². The molecule has 0 heterocycles. The number of anilines is 4. The van der Waals surface area contributed by atoms with E-state index >= 15 is 0 Å². The fourth-order valence-electron chi connectivity index (χ4n) is 2.55. The van der Waals surface area contributed by atoms with Crippen LogP contribution in [0.4, 0.5) is 22.7 Å². The molecule has 0 unspecified atom stereocenters. The normalized spacial score (nSPS) is 10.1. The van der Waals surface area contributed by atoms with Crippen LogP contribution in [0.15, 0.2) is 78.9 Å². The highest BCUT2D eigenvalue weighted by Gasteiger charge is 2.12. The summed E-state index contributed by atoms with van der Waals surface area (Å²) >= 11 is 0. The SMILES string of the molecule is CCC(=O)Nc1ccccc1C(=O)Nc1ccc(Nc2ccccc2)cc1. The molecule has 0 aliphatic rings. The fraction of sp³-hybridized carbons (Fsp3) is 0.0909. The maximum atomic E-state index is 12.6. The van der Waals surface area contributed by atoms with Crippen molar-refractivity contribution in [2.24, 2.45) is 0 Å². The number of carbonyl (C=O) groups is 2. The Kier molecular flexibility index (Phi) is 5.84. The molecule has 5 nitrogen and oxygen atoms in total. The van der Waals surface area contributed by atoms with Crippen molar-refractivity contribution in [1.29, 1.82) is 0 Å². The van der Waals surface area contributed by atoms with Gasteiger partial charge < -0.3 is 16.0 Å². The first-order valence-electron chi connectivity index (χ1n) is 8.78. The summed E-state index contributed by atoms with van der Waals surface area (Å²) in [5, 5.41) is 8.91. The van der Waals surface area contributed by atoms with Gasteiger partial charge in [0.15, 0.2) is 0 Å². The minimum Gasteiger partial charge on any atom is -0.356 e. The van der Waals surface area contributed by atoms with E-state index in [0.717, 1.165) is 11.4 Å². The van der Waals surface area contributed by atoms with Crippen LogP contribution in [0.2, 0.25) is 0 Å². The highest BCUT2D eigenvalue weighted by atomic mass is 16.2. The number of rotatable bonds is 6.